The average Bonchev–Trinajstić information content (AvgIpc) is 2.31. The summed E-state index contributed by atoms with van der Waals surface area (Å²) < 4.78 is 0. The van der Waals surface area contributed by atoms with Crippen LogP contribution >= 0.6 is 11.8 Å². The molecule has 1 aliphatic carbocycles. The Morgan fingerprint density at radius 1 is 1.13 bits per heavy atom. The highest BCUT2D eigenvalue weighted by atomic mass is 32.2. The molecule has 0 spiro atoms. The van der Waals surface area contributed by atoms with E-state index in [1.807, 2.05) is 0 Å². The second kappa shape index (κ2) is 6.15. The van der Waals surface area contributed by atoms with Gasteiger partial charge in [0.2, 0.25) is 0 Å². The van der Waals surface area contributed by atoms with Crippen LogP contribution in [0.25, 0.3) is 0 Å². The number of hydrogen-bond acceptors (Lipinski definition) is 2. The van der Waals surface area contributed by atoms with E-state index in [-0.39, 0.29) is 0 Å². The molecule has 0 aromatic rings. The van der Waals surface area contributed by atoms with Gasteiger partial charge in [-0.2, -0.15) is 11.8 Å². The third-order valence-corrected chi connectivity index (χ3v) is 5.21. The van der Waals surface area contributed by atoms with Crippen molar-refractivity contribution < 1.29 is 0 Å². The lowest BCUT2D eigenvalue weighted by Gasteiger charge is -2.33. The van der Waals surface area contributed by atoms with Crippen molar-refractivity contribution in [3.8, 4) is 0 Å². The van der Waals surface area contributed by atoms with Crippen LogP contribution in [-0.2, 0) is 0 Å². The Balaban J connectivity index is 1.72. The molecule has 88 valence electrons. The van der Waals surface area contributed by atoms with Crippen molar-refractivity contribution in [3.05, 3.63) is 0 Å². The maximum absolute atomic E-state index is 3.90. The molecule has 1 nitrogen and oxygen atoms in total. The van der Waals surface area contributed by atoms with Crippen LogP contribution in [0.1, 0.15) is 51.9 Å². The van der Waals surface area contributed by atoms with E-state index < -0.39 is 0 Å². The fraction of sp³-hybridized carbons (Fsp3) is 1.00. The van der Waals surface area contributed by atoms with E-state index in [2.05, 4.69) is 24.0 Å². The van der Waals surface area contributed by atoms with Crippen LogP contribution < -0.4 is 5.32 Å². The first-order valence-corrected chi connectivity index (χ1v) is 7.87. The smallest absolute Gasteiger partial charge is 0.0161 e. The number of thioether (sulfide) groups is 1. The molecular formula is C13H25NS. The fourth-order valence-electron chi connectivity index (χ4n) is 3.02. The van der Waals surface area contributed by atoms with Crippen molar-refractivity contribution in [2.24, 2.45) is 5.92 Å². The highest BCUT2D eigenvalue weighted by molar-refractivity contribution is 7.99. The van der Waals surface area contributed by atoms with Crippen molar-refractivity contribution in [2.75, 3.05) is 11.5 Å². The standard InChI is InChI=1S/C13H25NS/c1-2-11-5-3-6-12(9-11)14-13-7-4-8-15-10-13/h11-14H,2-10H2,1H3. The Bertz CT molecular complexity index is 177. The second-order valence-corrected chi connectivity index (χ2v) is 6.37. The van der Waals surface area contributed by atoms with Gasteiger partial charge in [0, 0.05) is 17.8 Å². The Hall–Kier alpha value is 0.310. The van der Waals surface area contributed by atoms with Crippen molar-refractivity contribution in [2.45, 2.75) is 64.0 Å². The lowest BCUT2D eigenvalue weighted by Crippen LogP contribution is -2.43. The maximum Gasteiger partial charge on any atom is 0.0161 e. The fourth-order valence-corrected chi connectivity index (χ4v) is 4.10. The van der Waals surface area contributed by atoms with Gasteiger partial charge in [-0.1, -0.05) is 26.2 Å². The predicted octanol–water partition coefficient (Wildman–Crippen LogP) is 3.44. The van der Waals surface area contributed by atoms with Crippen molar-refractivity contribution in [1.29, 1.82) is 0 Å². The molecule has 0 bridgehead atoms. The number of rotatable bonds is 3. The summed E-state index contributed by atoms with van der Waals surface area (Å²) in [4.78, 5) is 0. The van der Waals surface area contributed by atoms with Crippen molar-refractivity contribution in [1.82, 2.24) is 5.32 Å². The van der Waals surface area contributed by atoms with Crippen LogP contribution in [0, 0.1) is 5.92 Å². The van der Waals surface area contributed by atoms with Crippen LogP contribution in [-0.4, -0.2) is 23.6 Å². The van der Waals surface area contributed by atoms with Crippen LogP contribution in [0.2, 0.25) is 0 Å². The monoisotopic (exact) mass is 227 g/mol. The van der Waals surface area contributed by atoms with Crippen molar-refractivity contribution >= 4 is 11.8 Å². The summed E-state index contributed by atoms with van der Waals surface area (Å²) in [7, 11) is 0. The minimum atomic E-state index is 0.823. The van der Waals surface area contributed by atoms with Gasteiger partial charge >= 0.3 is 0 Å². The molecule has 1 heterocycles. The second-order valence-electron chi connectivity index (χ2n) is 5.22. The van der Waals surface area contributed by atoms with E-state index in [4.69, 9.17) is 0 Å². The zero-order chi connectivity index (χ0) is 10.5. The highest BCUT2D eigenvalue weighted by Gasteiger charge is 2.23. The largest absolute Gasteiger partial charge is 0.310 e. The first kappa shape index (κ1) is 11.8. The normalized spacial score (nSPS) is 37.8. The van der Waals surface area contributed by atoms with Gasteiger partial charge in [0.15, 0.2) is 0 Å². The van der Waals surface area contributed by atoms with E-state index in [0.717, 1.165) is 18.0 Å². The Morgan fingerprint density at radius 2 is 2.00 bits per heavy atom. The summed E-state index contributed by atoms with van der Waals surface area (Å²) in [6.45, 7) is 2.35. The summed E-state index contributed by atoms with van der Waals surface area (Å²) in [5.74, 6) is 3.75. The molecule has 3 atom stereocenters. The maximum atomic E-state index is 3.90. The summed E-state index contributed by atoms with van der Waals surface area (Å²) >= 11 is 2.14. The van der Waals surface area contributed by atoms with Gasteiger partial charge in [-0.15, -0.1) is 0 Å². The molecule has 2 rings (SSSR count). The van der Waals surface area contributed by atoms with Gasteiger partial charge in [0.25, 0.3) is 0 Å². The molecular weight excluding hydrogens is 202 g/mol. The zero-order valence-electron chi connectivity index (χ0n) is 10.0. The third-order valence-electron chi connectivity index (χ3n) is 3.99. The number of nitrogens with one attached hydrogen (secondary N) is 1. The molecule has 0 aromatic carbocycles. The first-order chi connectivity index (χ1) is 7.38. The van der Waals surface area contributed by atoms with E-state index in [1.165, 1.54) is 56.5 Å². The van der Waals surface area contributed by atoms with Crippen LogP contribution in [0.3, 0.4) is 0 Å². The predicted molar refractivity (Wildman–Crippen MR) is 69.5 cm³/mol. The van der Waals surface area contributed by atoms with Gasteiger partial charge in [-0.25, -0.2) is 0 Å². The van der Waals surface area contributed by atoms with E-state index in [1.54, 1.807) is 0 Å². The van der Waals surface area contributed by atoms with Crippen LogP contribution in [0.15, 0.2) is 0 Å². The van der Waals surface area contributed by atoms with E-state index in [9.17, 15) is 0 Å². The van der Waals surface area contributed by atoms with Crippen molar-refractivity contribution in [3.63, 3.8) is 0 Å². The zero-order valence-corrected chi connectivity index (χ0v) is 10.8. The molecule has 2 heteroatoms. The third kappa shape index (κ3) is 3.67. The molecule has 0 amide bonds. The molecule has 1 N–H and O–H groups in total. The topological polar surface area (TPSA) is 12.0 Å². The summed E-state index contributed by atoms with van der Waals surface area (Å²) in [6.07, 6.45) is 10.0. The number of hydrogen-bond donors (Lipinski definition) is 1. The Morgan fingerprint density at radius 3 is 2.73 bits per heavy atom. The lowest BCUT2D eigenvalue weighted by molar-refractivity contribution is 0.262. The molecule has 0 radical (unpaired) electrons. The average molecular weight is 227 g/mol. The molecule has 1 saturated carbocycles. The molecule has 15 heavy (non-hydrogen) atoms. The quantitative estimate of drug-likeness (QED) is 0.792. The van der Waals surface area contributed by atoms with Gasteiger partial charge in [-0.3, -0.25) is 0 Å². The Kier molecular flexibility index (Phi) is 4.83. The van der Waals surface area contributed by atoms with E-state index >= 15 is 0 Å². The summed E-state index contributed by atoms with van der Waals surface area (Å²) in [5.41, 5.74) is 0. The molecule has 1 aliphatic heterocycles. The van der Waals surface area contributed by atoms with Gasteiger partial charge < -0.3 is 5.32 Å². The van der Waals surface area contributed by atoms with Crippen LogP contribution in [0.5, 0.6) is 0 Å². The minimum Gasteiger partial charge on any atom is -0.310 e. The molecule has 1 saturated heterocycles. The Labute approximate surface area is 98.8 Å². The molecule has 2 aliphatic rings. The van der Waals surface area contributed by atoms with Gasteiger partial charge in [-0.05, 0) is 37.4 Å². The lowest BCUT2D eigenvalue weighted by atomic mass is 9.84. The summed E-state index contributed by atoms with van der Waals surface area (Å²) in [5, 5.41) is 3.90. The van der Waals surface area contributed by atoms with Crippen LogP contribution in [0.4, 0.5) is 0 Å². The SMILES string of the molecule is CCC1CCCC(NC2CCCSC2)C1. The van der Waals surface area contributed by atoms with Gasteiger partial charge in [0.05, 0.1) is 0 Å². The molecule has 2 fully saturated rings. The van der Waals surface area contributed by atoms with Gasteiger partial charge in [0.1, 0.15) is 0 Å². The first-order valence-electron chi connectivity index (χ1n) is 6.72. The molecule has 0 aromatic heterocycles. The highest BCUT2D eigenvalue weighted by Crippen LogP contribution is 2.28. The summed E-state index contributed by atoms with van der Waals surface area (Å²) in [6, 6.07) is 1.66. The van der Waals surface area contributed by atoms with E-state index in [0.29, 0.717) is 0 Å². The minimum absolute atomic E-state index is 0.823. The molecule has 3 unspecified atom stereocenters.